The van der Waals surface area contributed by atoms with E-state index in [-0.39, 0.29) is 0 Å². The maximum atomic E-state index is 11.8. The fourth-order valence-corrected chi connectivity index (χ4v) is 2.97. The third-order valence-corrected chi connectivity index (χ3v) is 3.85. The first kappa shape index (κ1) is 26.8. The summed E-state index contributed by atoms with van der Waals surface area (Å²) >= 11 is 0. The predicted molar refractivity (Wildman–Crippen MR) is 99.3 cm³/mol. The highest BCUT2D eigenvalue weighted by atomic mass is 16.7. The van der Waals surface area contributed by atoms with Gasteiger partial charge >= 0.3 is 35.8 Å². The van der Waals surface area contributed by atoms with E-state index < -0.39 is 79.2 Å². The van der Waals surface area contributed by atoms with E-state index in [0.717, 1.165) is 41.5 Å². The van der Waals surface area contributed by atoms with Crippen LogP contribution >= 0.6 is 0 Å². The molecule has 0 N–H and O–H groups in total. The largest absolute Gasteiger partial charge is 0.462 e. The summed E-state index contributed by atoms with van der Waals surface area (Å²) in [5, 5.41) is 0. The number of ether oxygens (including phenoxy) is 7. The Morgan fingerprint density at radius 1 is 0.625 bits per heavy atom. The van der Waals surface area contributed by atoms with Crippen molar-refractivity contribution in [2.45, 2.75) is 78.4 Å². The summed E-state index contributed by atoms with van der Waals surface area (Å²) in [7, 11) is 0. The van der Waals surface area contributed by atoms with Crippen molar-refractivity contribution >= 4 is 35.8 Å². The Bertz CT molecular complexity index is 732. The number of esters is 6. The molecule has 0 bridgehead atoms. The Morgan fingerprint density at radius 2 is 1.09 bits per heavy atom. The van der Waals surface area contributed by atoms with Crippen LogP contribution in [0, 0.1) is 0 Å². The maximum absolute atomic E-state index is 11.8. The topological polar surface area (TPSA) is 167 Å². The molecule has 0 aliphatic carbocycles. The third kappa shape index (κ3) is 8.49. The van der Waals surface area contributed by atoms with Crippen LogP contribution in [-0.2, 0) is 61.9 Å². The lowest BCUT2D eigenvalue weighted by molar-refractivity contribution is -0.310. The molecule has 0 radical (unpaired) electrons. The number of rotatable bonds is 8. The van der Waals surface area contributed by atoms with Crippen LogP contribution in [-0.4, -0.2) is 79.2 Å². The molecule has 0 aromatic rings. The van der Waals surface area contributed by atoms with E-state index in [1.165, 1.54) is 0 Å². The molecule has 6 atom stereocenters. The molecular formula is C19H26O13. The van der Waals surface area contributed by atoms with E-state index in [2.05, 4.69) is 0 Å². The first-order chi connectivity index (χ1) is 14.8. The second kappa shape index (κ2) is 12.0. The van der Waals surface area contributed by atoms with Crippen molar-refractivity contribution < 1.29 is 61.9 Å². The van der Waals surface area contributed by atoms with E-state index >= 15 is 0 Å². The van der Waals surface area contributed by atoms with Gasteiger partial charge in [0.25, 0.3) is 0 Å². The molecule has 5 unspecified atom stereocenters. The zero-order chi connectivity index (χ0) is 24.6. The van der Waals surface area contributed by atoms with E-state index in [0.29, 0.717) is 0 Å². The molecule has 32 heavy (non-hydrogen) atoms. The average molecular weight is 462 g/mol. The first-order valence-corrected chi connectivity index (χ1v) is 9.46. The molecule has 13 nitrogen and oxygen atoms in total. The van der Waals surface area contributed by atoms with Crippen LogP contribution in [0.5, 0.6) is 0 Å². The molecule has 0 saturated carbocycles. The molecule has 1 aliphatic heterocycles. The molecule has 13 heteroatoms. The SMILES string of the molecule is CC(=O)OC[C@H](OC(C)=O)C1OC(OC(C)=O)C(OC(C)=O)C(OC(C)=O)C1OC(C)=O. The van der Waals surface area contributed by atoms with E-state index in [1.54, 1.807) is 0 Å². The minimum Gasteiger partial charge on any atom is -0.462 e. The molecule has 0 aromatic heterocycles. The zero-order valence-corrected chi connectivity index (χ0v) is 18.5. The minimum atomic E-state index is -1.65. The fourth-order valence-electron chi connectivity index (χ4n) is 2.97. The Balaban J connectivity index is 3.52. The zero-order valence-electron chi connectivity index (χ0n) is 18.5. The smallest absolute Gasteiger partial charge is 0.305 e. The van der Waals surface area contributed by atoms with Crippen molar-refractivity contribution in [2.24, 2.45) is 0 Å². The summed E-state index contributed by atoms with van der Waals surface area (Å²) in [6.45, 7) is 5.83. The number of hydrogen-bond acceptors (Lipinski definition) is 13. The van der Waals surface area contributed by atoms with Gasteiger partial charge in [-0.05, 0) is 0 Å². The summed E-state index contributed by atoms with van der Waals surface area (Å²) < 4.78 is 36.4. The van der Waals surface area contributed by atoms with Crippen LogP contribution in [0.25, 0.3) is 0 Å². The van der Waals surface area contributed by atoms with Crippen molar-refractivity contribution in [3.63, 3.8) is 0 Å². The lowest BCUT2D eigenvalue weighted by atomic mass is 9.94. The van der Waals surface area contributed by atoms with E-state index in [9.17, 15) is 28.8 Å². The molecular weight excluding hydrogens is 436 g/mol. The Morgan fingerprint density at radius 3 is 1.53 bits per heavy atom. The summed E-state index contributed by atoms with van der Waals surface area (Å²) in [6.07, 6.45) is -9.05. The average Bonchev–Trinajstić information content (AvgIpc) is 2.61. The number of carbonyl (C=O) groups is 6. The summed E-state index contributed by atoms with van der Waals surface area (Å²) in [4.78, 5) is 69.7. The molecule has 0 amide bonds. The first-order valence-electron chi connectivity index (χ1n) is 9.46. The highest BCUT2D eigenvalue weighted by molar-refractivity contribution is 5.69. The summed E-state index contributed by atoms with van der Waals surface area (Å²) in [5.74, 6) is -4.90. The molecule has 180 valence electrons. The van der Waals surface area contributed by atoms with Gasteiger partial charge in [0, 0.05) is 41.5 Å². The maximum Gasteiger partial charge on any atom is 0.305 e. The molecule has 1 aliphatic rings. The van der Waals surface area contributed by atoms with Crippen molar-refractivity contribution in [1.82, 2.24) is 0 Å². The third-order valence-electron chi connectivity index (χ3n) is 3.85. The van der Waals surface area contributed by atoms with Gasteiger partial charge < -0.3 is 33.2 Å². The molecule has 1 rings (SSSR count). The summed E-state index contributed by atoms with van der Waals surface area (Å²) in [6, 6.07) is 0. The van der Waals surface area contributed by atoms with Crippen LogP contribution < -0.4 is 0 Å². The monoisotopic (exact) mass is 462 g/mol. The van der Waals surface area contributed by atoms with Crippen molar-refractivity contribution in [3.05, 3.63) is 0 Å². The van der Waals surface area contributed by atoms with Gasteiger partial charge in [0.1, 0.15) is 12.7 Å². The van der Waals surface area contributed by atoms with Gasteiger partial charge in [-0.3, -0.25) is 28.8 Å². The Hall–Kier alpha value is -3.22. The van der Waals surface area contributed by atoms with Gasteiger partial charge in [-0.1, -0.05) is 0 Å². The lowest BCUT2D eigenvalue weighted by Crippen LogP contribution is -2.65. The number of carbonyl (C=O) groups excluding carboxylic acids is 6. The van der Waals surface area contributed by atoms with Crippen LogP contribution in [0.3, 0.4) is 0 Å². The van der Waals surface area contributed by atoms with Crippen LogP contribution in [0.15, 0.2) is 0 Å². The highest BCUT2D eigenvalue weighted by Crippen LogP contribution is 2.32. The fraction of sp³-hybridized carbons (Fsp3) is 0.684. The van der Waals surface area contributed by atoms with Gasteiger partial charge in [-0.25, -0.2) is 0 Å². The van der Waals surface area contributed by atoms with Crippen LogP contribution in [0.1, 0.15) is 41.5 Å². The van der Waals surface area contributed by atoms with Crippen LogP contribution in [0.4, 0.5) is 0 Å². The van der Waals surface area contributed by atoms with Gasteiger partial charge in [0.15, 0.2) is 18.3 Å². The second-order valence-electron chi connectivity index (χ2n) is 6.75. The lowest BCUT2D eigenvalue weighted by Gasteiger charge is -2.45. The molecule has 0 spiro atoms. The Kier molecular flexibility index (Phi) is 10.0. The second-order valence-corrected chi connectivity index (χ2v) is 6.75. The van der Waals surface area contributed by atoms with Crippen LogP contribution in [0.2, 0.25) is 0 Å². The van der Waals surface area contributed by atoms with Gasteiger partial charge in [0.2, 0.25) is 12.4 Å². The van der Waals surface area contributed by atoms with E-state index in [4.69, 9.17) is 33.2 Å². The van der Waals surface area contributed by atoms with Crippen molar-refractivity contribution in [2.75, 3.05) is 6.61 Å². The minimum absolute atomic E-state index is 0.533. The van der Waals surface area contributed by atoms with Gasteiger partial charge in [-0.2, -0.15) is 0 Å². The molecule has 1 fully saturated rings. The predicted octanol–water partition coefficient (Wildman–Crippen LogP) is -0.436. The standard InChI is InChI=1S/C19H26O13/c1-8(20)26-7-14(27-9(2)21)15-16(28-10(3)22)17(29-11(4)23)18(30-12(5)24)19(32-15)31-13(6)25/h14-19H,7H2,1-6H3/t14-,15?,16?,17?,18?,19?/m0/s1. The van der Waals surface area contributed by atoms with E-state index in [1.807, 2.05) is 0 Å². The normalized spacial score (nSPS) is 25.5. The van der Waals surface area contributed by atoms with Gasteiger partial charge in [-0.15, -0.1) is 0 Å². The Labute approximate surface area is 183 Å². The molecule has 1 heterocycles. The van der Waals surface area contributed by atoms with Crippen molar-refractivity contribution in [1.29, 1.82) is 0 Å². The van der Waals surface area contributed by atoms with Gasteiger partial charge in [0.05, 0.1) is 0 Å². The molecule has 0 aromatic carbocycles. The molecule has 1 saturated heterocycles. The number of hydrogen-bond donors (Lipinski definition) is 0. The summed E-state index contributed by atoms with van der Waals surface area (Å²) in [5.41, 5.74) is 0. The highest BCUT2D eigenvalue weighted by Gasteiger charge is 2.56. The quantitative estimate of drug-likeness (QED) is 0.337. The van der Waals surface area contributed by atoms with Crippen molar-refractivity contribution in [3.8, 4) is 0 Å².